The number of aryl methyl sites for hydroxylation is 1. The third kappa shape index (κ3) is 2.92. The molecular formula is C18H14FN3OS. The molecular weight excluding hydrogens is 325 g/mol. The van der Waals surface area contributed by atoms with Crippen molar-refractivity contribution >= 4 is 23.4 Å². The summed E-state index contributed by atoms with van der Waals surface area (Å²) >= 11 is 1.76. The van der Waals surface area contributed by atoms with Gasteiger partial charge < -0.3 is 9.88 Å². The van der Waals surface area contributed by atoms with E-state index in [-0.39, 0.29) is 11.7 Å². The summed E-state index contributed by atoms with van der Waals surface area (Å²) in [6, 6.07) is 13.0. The second kappa shape index (κ2) is 6.13. The molecule has 1 aliphatic heterocycles. The molecule has 0 saturated heterocycles. The first-order chi connectivity index (χ1) is 11.7. The first-order valence-electron chi connectivity index (χ1n) is 7.56. The number of benzene rings is 2. The molecule has 120 valence electrons. The van der Waals surface area contributed by atoms with Gasteiger partial charge in [-0.3, -0.25) is 4.79 Å². The number of hydrogen-bond acceptors (Lipinski definition) is 3. The molecule has 1 aliphatic rings. The van der Waals surface area contributed by atoms with Crippen LogP contribution >= 0.6 is 11.8 Å². The molecule has 2 heterocycles. The molecule has 1 amide bonds. The lowest BCUT2D eigenvalue weighted by atomic mass is 10.1. The summed E-state index contributed by atoms with van der Waals surface area (Å²) in [4.78, 5) is 16.7. The van der Waals surface area contributed by atoms with Gasteiger partial charge in [-0.2, -0.15) is 0 Å². The number of anilines is 1. The highest BCUT2D eigenvalue weighted by Crippen LogP contribution is 2.29. The maximum atomic E-state index is 12.9. The van der Waals surface area contributed by atoms with Crippen molar-refractivity contribution in [3.63, 3.8) is 0 Å². The SMILES string of the molecule is O=C(Nc1ccc(-c2cn3c(n2)SCC3)cc1)c1ccc(F)cc1. The number of nitrogens with one attached hydrogen (secondary N) is 1. The first-order valence-corrected chi connectivity index (χ1v) is 8.55. The van der Waals surface area contributed by atoms with Gasteiger partial charge in [0.1, 0.15) is 5.82 Å². The second-order valence-corrected chi connectivity index (χ2v) is 6.55. The Hall–Kier alpha value is -2.60. The summed E-state index contributed by atoms with van der Waals surface area (Å²) in [5.74, 6) is 0.456. The van der Waals surface area contributed by atoms with Gasteiger partial charge in [-0.25, -0.2) is 9.37 Å². The zero-order valence-electron chi connectivity index (χ0n) is 12.7. The van der Waals surface area contributed by atoms with Crippen molar-refractivity contribution < 1.29 is 9.18 Å². The summed E-state index contributed by atoms with van der Waals surface area (Å²) in [7, 11) is 0. The molecule has 0 atom stereocenters. The number of halogens is 1. The molecule has 24 heavy (non-hydrogen) atoms. The van der Waals surface area contributed by atoms with E-state index in [1.165, 1.54) is 24.3 Å². The van der Waals surface area contributed by atoms with Crippen LogP contribution in [0.1, 0.15) is 10.4 Å². The Morgan fingerprint density at radius 2 is 1.88 bits per heavy atom. The van der Waals surface area contributed by atoms with Crippen LogP contribution in [0.3, 0.4) is 0 Å². The molecule has 0 fully saturated rings. The zero-order valence-corrected chi connectivity index (χ0v) is 13.5. The van der Waals surface area contributed by atoms with E-state index in [0.29, 0.717) is 11.3 Å². The quantitative estimate of drug-likeness (QED) is 0.783. The zero-order chi connectivity index (χ0) is 16.5. The van der Waals surface area contributed by atoms with E-state index in [1.54, 1.807) is 11.8 Å². The number of nitrogens with zero attached hydrogens (tertiary/aromatic N) is 2. The van der Waals surface area contributed by atoms with E-state index >= 15 is 0 Å². The van der Waals surface area contributed by atoms with Gasteiger partial charge >= 0.3 is 0 Å². The Bertz CT molecular complexity index is 866. The number of carbonyl (C=O) groups is 1. The molecule has 2 aromatic carbocycles. The highest BCUT2D eigenvalue weighted by atomic mass is 32.2. The molecule has 4 rings (SSSR count). The van der Waals surface area contributed by atoms with Crippen LogP contribution in [0.25, 0.3) is 11.3 Å². The van der Waals surface area contributed by atoms with E-state index in [9.17, 15) is 9.18 Å². The monoisotopic (exact) mass is 339 g/mol. The van der Waals surface area contributed by atoms with Gasteiger partial charge in [-0.1, -0.05) is 23.9 Å². The van der Waals surface area contributed by atoms with Crippen LogP contribution in [-0.4, -0.2) is 21.2 Å². The van der Waals surface area contributed by atoms with Crippen LogP contribution in [0, 0.1) is 5.82 Å². The number of imidazole rings is 1. The highest BCUT2D eigenvalue weighted by Gasteiger charge is 2.15. The molecule has 0 spiro atoms. The summed E-state index contributed by atoms with van der Waals surface area (Å²) < 4.78 is 15.1. The molecule has 1 N–H and O–H groups in total. The molecule has 0 bridgehead atoms. The summed E-state index contributed by atoms with van der Waals surface area (Å²) in [6.07, 6.45) is 2.06. The van der Waals surface area contributed by atoms with Crippen molar-refractivity contribution in [2.45, 2.75) is 11.7 Å². The molecule has 3 aromatic rings. The number of thioether (sulfide) groups is 1. The highest BCUT2D eigenvalue weighted by molar-refractivity contribution is 7.99. The minimum absolute atomic E-state index is 0.264. The van der Waals surface area contributed by atoms with Crippen LogP contribution in [0.4, 0.5) is 10.1 Å². The van der Waals surface area contributed by atoms with Gasteiger partial charge in [0.05, 0.1) is 5.69 Å². The van der Waals surface area contributed by atoms with Crippen LogP contribution in [-0.2, 0) is 6.54 Å². The fourth-order valence-electron chi connectivity index (χ4n) is 2.58. The Morgan fingerprint density at radius 3 is 2.58 bits per heavy atom. The Morgan fingerprint density at radius 1 is 1.12 bits per heavy atom. The minimum atomic E-state index is -0.360. The molecule has 1 aromatic heterocycles. The fraction of sp³-hybridized carbons (Fsp3) is 0.111. The van der Waals surface area contributed by atoms with Gasteiger partial charge in [0.15, 0.2) is 5.16 Å². The maximum absolute atomic E-state index is 12.9. The number of hydrogen-bond donors (Lipinski definition) is 1. The summed E-state index contributed by atoms with van der Waals surface area (Å²) in [5, 5.41) is 3.86. The Balaban J connectivity index is 1.49. The molecule has 6 heteroatoms. The predicted molar refractivity (Wildman–Crippen MR) is 92.7 cm³/mol. The Kier molecular flexibility index (Phi) is 3.82. The number of fused-ring (bicyclic) bond motifs is 1. The minimum Gasteiger partial charge on any atom is -0.325 e. The number of carbonyl (C=O) groups excluding carboxylic acids is 1. The lowest BCUT2D eigenvalue weighted by Crippen LogP contribution is -2.11. The van der Waals surface area contributed by atoms with Crippen molar-refractivity contribution in [2.75, 3.05) is 11.1 Å². The first kappa shape index (κ1) is 15.0. The number of amides is 1. The van der Waals surface area contributed by atoms with Crippen molar-refractivity contribution in [2.24, 2.45) is 0 Å². The fourth-order valence-corrected chi connectivity index (χ4v) is 3.52. The third-order valence-electron chi connectivity index (χ3n) is 3.85. The van der Waals surface area contributed by atoms with E-state index in [4.69, 9.17) is 0 Å². The molecule has 0 radical (unpaired) electrons. The van der Waals surface area contributed by atoms with Gasteiger partial charge in [0.2, 0.25) is 0 Å². The van der Waals surface area contributed by atoms with E-state index in [1.807, 2.05) is 24.3 Å². The van der Waals surface area contributed by atoms with Crippen LogP contribution in [0.5, 0.6) is 0 Å². The molecule has 0 saturated carbocycles. The topological polar surface area (TPSA) is 46.9 Å². The summed E-state index contributed by atoms with van der Waals surface area (Å²) in [6.45, 7) is 0.999. The van der Waals surface area contributed by atoms with Gasteiger partial charge in [0.25, 0.3) is 5.91 Å². The van der Waals surface area contributed by atoms with Crippen LogP contribution < -0.4 is 5.32 Å². The van der Waals surface area contributed by atoms with Crippen LogP contribution in [0.15, 0.2) is 59.9 Å². The molecule has 0 aliphatic carbocycles. The van der Waals surface area contributed by atoms with Gasteiger partial charge in [-0.05, 0) is 36.4 Å². The van der Waals surface area contributed by atoms with E-state index in [2.05, 4.69) is 21.1 Å². The number of aromatic nitrogens is 2. The normalized spacial score (nSPS) is 12.9. The average Bonchev–Trinajstić information content (AvgIpc) is 3.18. The Labute approximate surface area is 142 Å². The smallest absolute Gasteiger partial charge is 0.255 e. The van der Waals surface area contributed by atoms with Crippen molar-refractivity contribution in [3.05, 3.63) is 66.1 Å². The summed E-state index contributed by atoms with van der Waals surface area (Å²) in [5.41, 5.74) is 3.06. The molecule has 4 nitrogen and oxygen atoms in total. The van der Waals surface area contributed by atoms with Gasteiger partial charge in [0, 0.05) is 35.3 Å². The standard InChI is InChI=1S/C18H14FN3OS/c19-14-5-1-13(2-6-14)17(23)20-15-7-3-12(4-8-15)16-11-22-9-10-24-18(22)21-16/h1-8,11H,9-10H2,(H,20,23). The van der Waals surface area contributed by atoms with Crippen molar-refractivity contribution in [3.8, 4) is 11.3 Å². The van der Waals surface area contributed by atoms with Gasteiger partial charge in [-0.15, -0.1) is 0 Å². The lowest BCUT2D eigenvalue weighted by Gasteiger charge is -2.06. The van der Waals surface area contributed by atoms with Crippen molar-refractivity contribution in [1.82, 2.24) is 9.55 Å². The predicted octanol–water partition coefficient (Wildman–Crippen LogP) is 4.05. The number of rotatable bonds is 3. The molecule has 0 unspecified atom stereocenters. The average molecular weight is 339 g/mol. The third-order valence-corrected chi connectivity index (χ3v) is 4.82. The van der Waals surface area contributed by atoms with E-state index < -0.39 is 0 Å². The maximum Gasteiger partial charge on any atom is 0.255 e. The second-order valence-electron chi connectivity index (χ2n) is 5.49. The van der Waals surface area contributed by atoms with E-state index in [0.717, 1.165) is 28.7 Å². The van der Waals surface area contributed by atoms with Crippen LogP contribution in [0.2, 0.25) is 0 Å². The lowest BCUT2D eigenvalue weighted by molar-refractivity contribution is 0.102. The largest absolute Gasteiger partial charge is 0.325 e. The van der Waals surface area contributed by atoms with Crippen molar-refractivity contribution in [1.29, 1.82) is 0 Å².